The number of rotatable bonds is 6. The van der Waals surface area contributed by atoms with E-state index < -0.39 is 0 Å². The molecule has 1 aromatic carbocycles. The molecule has 1 rings (SSSR count). The van der Waals surface area contributed by atoms with Gasteiger partial charge in [-0.15, -0.1) is 0 Å². The Kier molecular flexibility index (Phi) is 10.6. The second kappa shape index (κ2) is 11.6. The Labute approximate surface area is 142 Å². The molecule has 0 heterocycles. The summed E-state index contributed by atoms with van der Waals surface area (Å²) < 4.78 is 0. The van der Waals surface area contributed by atoms with E-state index in [0.717, 1.165) is 34.5 Å². The molecule has 0 bridgehead atoms. The van der Waals surface area contributed by atoms with E-state index in [9.17, 15) is 0 Å². The number of hydrogen-bond acceptors (Lipinski definition) is 2. The van der Waals surface area contributed by atoms with Crippen molar-refractivity contribution >= 4 is 29.3 Å². The minimum atomic E-state index is 0.350. The van der Waals surface area contributed by atoms with Crippen molar-refractivity contribution in [3.05, 3.63) is 42.0 Å². The molecule has 0 amide bonds. The fourth-order valence-corrected chi connectivity index (χ4v) is 1.86. The van der Waals surface area contributed by atoms with Gasteiger partial charge in [0.15, 0.2) is 0 Å². The molecule has 23 heavy (non-hydrogen) atoms. The third kappa shape index (κ3) is 7.23. The Morgan fingerprint density at radius 2 is 1.91 bits per heavy atom. The molecule has 126 valence electrons. The maximum atomic E-state index is 4.59. The molecule has 2 nitrogen and oxygen atoms in total. The van der Waals surface area contributed by atoms with Crippen LogP contribution in [0.1, 0.15) is 66.0 Å². The summed E-state index contributed by atoms with van der Waals surface area (Å²) in [6.07, 6.45) is 6.94. The van der Waals surface area contributed by atoms with Gasteiger partial charge in [0.2, 0.25) is 0 Å². The molecule has 0 spiro atoms. The van der Waals surface area contributed by atoms with Gasteiger partial charge >= 0.3 is 0 Å². The molecule has 0 aliphatic rings. The third-order valence-electron chi connectivity index (χ3n) is 3.30. The van der Waals surface area contributed by atoms with E-state index in [2.05, 4.69) is 54.7 Å². The van der Waals surface area contributed by atoms with E-state index in [4.69, 9.17) is 0 Å². The van der Waals surface area contributed by atoms with Gasteiger partial charge in [-0.25, -0.2) is 0 Å². The SMILES string of the molecule is C=Cc1ccc(/C(C=NC(C)CC)=C/C)cc1N=C(C)C.CC. The predicted molar refractivity (Wildman–Crippen MR) is 108 cm³/mol. The van der Waals surface area contributed by atoms with E-state index in [-0.39, 0.29) is 0 Å². The average molecular weight is 313 g/mol. The van der Waals surface area contributed by atoms with E-state index in [0.29, 0.717) is 6.04 Å². The zero-order chi connectivity index (χ0) is 17.8. The molecule has 0 N–H and O–H groups in total. The fraction of sp³-hybridized carbons (Fsp3) is 0.429. The molecule has 0 fully saturated rings. The van der Waals surface area contributed by atoms with Gasteiger partial charge < -0.3 is 0 Å². The van der Waals surface area contributed by atoms with Crippen LogP contribution in [0.2, 0.25) is 0 Å². The first-order valence-electron chi connectivity index (χ1n) is 8.50. The fourth-order valence-electron chi connectivity index (χ4n) is 1.86. The highest BCUT2D eigenvalue weighted by atomic mass is 14.8. The summed E-state index contributed by atoms with van der Waals surface area (Å²) in [5, 5.41) is 0. The molecule has 0 aliphatic carbocycles. The van der Waals surface area contributed by atoms with Crippen molar-refractivity contribution in [1.82, 2.24) is 0 Å². The lowest BCUT2D eigenvalue weighted by Crippen LogP contribution is -1.96. The Hall–Kier alpha value is -1.96. The minimum Gasteiger partial charge on any atom is -0.290 e. The zero-order valence-electron chi connectivity index (χ0n) is 15.9. The molecular formula is C21H32N2. The van der Waals surface area contributed by atoms with Crippen LogP contribution in [0.15, 0.2) is 40.8 Å². The number of aliphatic imine (C=N–C) groups is 2. The summed E-state index contributed by atoms with van der Waals surface area (Å²) in [4.78, 5) is 9.17. The molecule has 0 aromatic heterocycles. The molecule has 1 aromatic rings. The Balaban J connectivity index is 0.00000232. The van der Waals surface area contributed by atoms with Gasteiger partial charge in [0.05, 0.1) is 5.69 Å². The van der Waals surface area contributed by atoms with Gasteiger partial charge in [0.25, 0.3) is 0 Å². The van der Waals surface area contributed by atoms with Gasteiger partial charge in [0.1, 0.15) is 0 Å². The van der Waals surface area contributed by atoms with Crippen molar-refractivity contribution in [3.63, 3.8) is 0 Å². The first-order chi connectivity index (χ1) is 11.0. The Morgan fingerprint density at radius 3 is 2.39 bits per heavy atom. The molecule has 0 saturated heterocycles. The summed E-state index contributed by atoms with van der Waals surface area (Å²) in [5.41, 5.74) is 5.30. The van der Waals surface area contributed by atoms with Gasteiger partial charge in [-0.05, 0) is 56.9 Å². The summed E-state index contributed by atoms with van der Waals surface area (Å²) in [5.74, 6) is 0. The van der Waals surface area contributed by atoms with E-state index in [1.54, 1.807) is 0 Å². The first kappa shape index (κ1) is 21.0. The van der Waals surface area contributed by atoms with Gasteiger partial charge in [-0.2, -0.15) is 0 Å². The standard InChI is InChI=1S/C19H26N2.C2H6/c1-7-15(6)20-13-17(9-3)18-11-10-16(8-2)19(12-18)21-14(4)5;1-2/h8-13,15H,2,7H2,1,3-6H3;1-2H3/b17-9+,20-13?;. The number of nitrogens with zero attached hydrogens (tertiary/aromatic N) is 2. The van der Waals surface area contributed by atoms with Gasteiger partial charge in [-0.3, -0.25) is 9.98 Å². The van der Waals surface area contributed by atoms with Crippen LogP contribution in [0.25, 0.3) is 11.6 Å². The highest BCUT2D eigenvalue weighted by Gasteiger charge is 2.04. The number of hydrogen-bond donors (Lipinski definition) is 0. The van der Waals surface area contributed by atoms with Crippen molar-refractivity contribution in [2.45, 2.75) is 60.9 Å². The van der Waals surface area contributed by atoms with Crippen LogP contribution in [0, 0.1) is 0 Å². The molecule has 0 aliphatic heterocycles. The Bertz CT molecular complexity index is 574. The van der Waals surface area contributed by atoms with Gasteiger partial charge in [-0.1, -0.05) is 51.6 Å². The van der Waals surface area contributed by atoms with Crippen LogP contribution in [-0.2, 0) is 0 Å². The molecule has 0 saturated carbocycles. The van der Waals surface area contributed by atoms with Crippen molar-refractivity contribution < 1.29 is 0 Å². The van der Waals surface area contributed by atoms with Crippen LogP contribution in [0.5, 0.6) is 0 Å². The lowest BCUT2D eigenvalue weighted by Gasteiger charge is -2.08. The molecule has 1 unspecified atom stereocenters. The van der Waals surface area contributed by atoms with E-state index in [1.165, 1.54) is 0 Å². The molecule has 1 atom stereocenters. The van der Waals surface area contributed by atoms with Crippen LogP contribution in [-0.4, -0.2) is 18.0 Å². The van der Waals surface area contributed by atoms with Crippen molar-refractivity contribution in [2.75, 3.05) is 0 Å². The number of benzene rings is 1. The van der Waals surface area contributed by atoms with Crippen molar-refractivity contribution in [2.24, 2.45) is 9.98 Å². The summed E-state index contributed by atoms with van der Waals surface area (Å²) >= 11 is 0. The lowest BCUT2D eigenvalue weighted by atomic mass is 10.0. The van der Waals surface area contributed by atoms with Crippen molar-refractivity contribution in [1.29, 1.82) is 0 Å². The minimum absolute atomic E-state index is 0.350. The highest BCUT2D eigenvalue weighted by Crippen LogP contribution is 2.26. The summed E-state index contributed by atoms with van der Waals surface area (Å²) in [6.45, 7) is 18.2. The first-order valence-corrected chi connectivity index (χ1v) is 8.50. The number of allylic oxidation sites excluding steroid dienone is 2. The second-order valence-electron chi connectivity index (χ2n) is 5.32. The second-order valence-corrected chi connectivity index (χ2v) is 5.32. The maximum absolute atomic E-state index is 4.59. The molecule has 0 radical (unpaired) electrons. The van der Waals surface area contributed by atoms with Crippen molar-refractivity contribution in [3.8, 4) is 0 Å². The largest absolute Gasteiger partial charge is 0.290 e. The monoisotopic (exact) mass is 312 g/mol. The summed E-state index contributed by atoms with van der Waals surface area (Å²) in [6, 6.07) is 6.61. The predicted octanol–water partition coefficient (Wildman–Crippen LogP) is 6.74. The van der Waals surface area contributed by atoms with E-state index in [1.807, 2.05) is 46.9 Å². The highest BCUT2D eigenvalue weighted by molar-refractivity contribution is 6.10. The quantitative estimate of drug-likeness (QED) is 0.520. The normalized spacial score (nSPS) is 12.4. The summed E-state index contributed by atoms with van der Waals surface area (Å²) in [7, 11) is 0. The van der Waals surface area contributed by atoms with E-state index >= 15 is 0 Å². The smallest absolute Gasteiger partial charge is 0.0707 e. The van der Waals surface area contributed by atoms with Crippen LogP contribution < -0.4 is 0 Å². The average Bonchev–Trinajstić information content (AvgIpc) is 2.56. The van der Waals surface area contributed by atoms with Crippen LogP contribution >= 0.6 is 0 Å². The van der Waals surface area contributed by atoms with Crippen LogP contribution in [0.4, 0.5) is 5.69 Å². The van der Waals surface area contributed by atoms with Gasteiger partial charge in [0, 0.05) is 18.0 Å². The zero-order valence-corrected chi connectivity index (χ0v) is 15.9. The van der Waals surface area contributed by atoms with Crippen LogP contribution in [0.3, 0.4) is 0 Å². The Morgan fingerprint density at radius 1 is 1.26 bits per heavy atom. The molecular weight excluding hydrogens is 280 g/mol. The maximum Gasteiger partial charge on any atom is 0.0707 e. The third-order valence-corrected chi connectivity index (χ3v) is 3.30. The lowest BCUT2D eigenvalue weighted by molar-refractivity contribution is 0.721. The topological polar surface area (TPSA) is 24.7 Å². The molecule has 2 heteroatoms.